The summed E-state index contributed by atoms with van der Waals surface area (Å²) in [7, 11) is 0. The topological polar surface area (TPSA) is 78.8 Å². The second kappa shape index (κ2) is 5.76. The molecule has 6 nitrogen and oxygen atoms in total. The van der Waals surface area contributed by atoms with Crippen LogP contribution in [0.1, 0.15) is 41.4 Å². The average Bonchev–Trinajstić information content (AvgIpc) is 3.04. The molecule has 1 aliphatic carbocycles. The molecule has 1 aliphatic rings. The van der Waals surface area contributed by atoms with Gasteiger partial charge in [0, 0.05) is 35.1 Å². The number of aliphatic hydroxyl groups is 1. The molecule has 3 rings (SSSR count). The van der Waals surface area contributed by atoms with Gasteiger partial charge in [0.25, 0.3) is 0 Å². The minimum atomic E-state index is 0.139. The lowest BCUT2D eigenvalue weighted by atomic mass is 9.93. The lowest BCUT2D eigenvalue weighted by Gasteiger charge is -2.24. The summed E-state index contributed by atoms with van der Waals surface area (Å²) in [6, 6.07) is 0.348. The minimum absolute atomic E-state index is 0.139. The highest BCUT2D eigenvalue weighted by molar-refractivity contribution is 5.25. The zero-order valence-corrected chi connectivity index (χ0v) is 11.8. The lowest BCUT2D eigenvalue weighted by Crippen LogP contribution is -2.25. The number of aryl methyl sites for hydroxylation is 1. The Bertz CT molecular complexity index is 574. The summed E-state index contributed by atoms with van der Waals surface area (Å²) in [6.45, 7) is 3.58. The van der Waals surface area contributed by atoms with Crippen LogP contribution < -0.4 is 5.32 Å². The summed E-state index contributed by atoms with van der Waals surface area (Å²) in [6.07, 6.45) is 7.17. The monoisotopic (exact) mass is 275 g/mol. The Balaban J connectivity index is 1.72. The second-order valence-electron chi connectivity index (χ2n) is 5.34. The van der Waals surface area contributed by atoms with Crippen LogP contribution in [0.3, 0.4) is 0 Å². The molecule has 0 aliphatic heterocycles. The molecular weight excluding hydrogens is 254 g/mol. The van der Waals surface area contributed by atoms with Crippen molar-refractivity contribution in [1.29, 1.82) is 0 Å². The number of H-pyrrole nitrogens is 1. The minimum Gasteiger partial charge on any atom is -0.394 e. The molecule has 2 aromatic heterocycles. The molecule has 0 radical (unpaired) electrons. The van der Waals surface area contributed by atoms with E-state index < -0.39 is 0 Å². The molecule has 0 saturated heterocycles. The fourth-order valence-electron chi connectivity index (χ4n) is 2.91. The van der Waals surface area contributed by atoms with E-state index in [4.69, 9.17) is 5.11 Å². The van der Waals surface area contributed by atoms with Crippen molar-refractivity contribution < 1.29 is 5.11 Å². The lowest BCUT2D eigenvalue weighted by molar-refractivity contribution is 0.266. The van der Waals surface area contributed by atoms with Gasteiger partial charge in [-0.1, -0.05) is 0 Å². The molecule has 0 amide bonds. The van der Waals surface area contributed by atoms with Gasteiger partial charge in [0.05, 0.1) is 25.5 Å². The van der Waals surface area contributed by atoms with E-state index in [0.717, 1.165) is 31.5 Å². The SMILES string of the molecule is Cc1[nH]ncc1CNC1CCCc2c1cnn2CCO. The van der Waals surface area contributed by atoms with Gasteiger partial charge in [-0.05, 0) is 26.2 Å². The van der Waals surface area contributed by atoms with E-state index in [9.17, 15) is 0 Å². The van der Waals surface area contributed by atoms with Crippen LogP contribution in [0.5, 0.6) is 0 Å². The molecule has 2 heterocycles. The van der Waals surface area contributed by atoms with Crippen LogP contribution in [-0.4, -0.2) is 31.7 Å². The highest BCUT2D eigenvalue weighted by Gasteiger charge is 2.23. The number of nitrogens with one attached hydrogen (secondary N) is 2. The number of aromatic nitrogens is 4. The largest absolute Gasteiger partial charge is 0.394 e. The van der Waals surface area contributed by atoms with Gasteiger partial charge in [-0.25, -0.2) is 0 Å². The Labute approximate surface area is 118 Å². The first-order valence-corrected chi connectivity index (χ1v) is 7.17. The van der Waals surface area contributed by atoms with Crippen LogP contribution in [0.4, 0.5) is 0 Å². The Hall–Kier alpha value is -1.66. The van der Waals surface area contributed by atoms with Crippen molar-refractivity contribution in [2.45, 2.75) is 45.3 Å². The summed E-state index contributed by atoms with van der Waals surface area (Å²) in [5, 5.41) is 24.1. The molecule has 2 aromatic rings. The fraction of sp³-hybridized carbons (Fsp3) is 0.571. The van der Waals surface area contributed by atoms with Crippen molar-refractivity contribution in [2.75, 3.05) is 6.61 Å². The van der Waals surface area contributed by atoms with Gasteiger partial charge in [-0.2, -0.15) is 10.2 Å². The maximum Gasteiger partial charge on any atom is 0.0644 e. The first-order valence-electron chi connectivity index (χ1n) is 7.17. The fourth-order valence-corrected chi connectivity index (χ4v) is 2.91. The van der Waals surface area contributed by atoms with E-state index in [1.165, 1.54) is 16.8 Å². The van der Waals surface area contributed by atoms with Crippen LogP contribution in [0.2, 0.25) is 0 Å². The summed E-state index contributed by atoms with van der Waals surface area (Å²) >= 11 is 0. The van der Waals surface area contributed by atoms with E-state index >= 15 is 0 Å². The maximum absolute atomic E-state index is 9.08. The molecule has 1 atom stereocenters. The van der Waals surface area contributed by atoms with Gasteiger partial charge in [0.2, 0.25) is 0 Å². The number of rotatable bonds is 5. The molecule has 0 bridgehead atoms. The van der Waals surface area contributed by atoms with E-state index in [0.29, 0.717) is 12.6 Å². The Morgan fingerprint density at radius 1 is 1.50 bits per heavy atom. The quantitative estimate of drug-likeness (QED) is 0.763. The zero-order chi connectivity index (χ0) is 13.9. The summed E-state index contributed by atoms with van der Waals surface area (Å²) < 4.78 is 1.94. The van der Waals surface area contributed by atoms with Gasteiger partial charge in [-0.3, -0.25) is 9.78 Å². The Kier molecular flexibility index (Phi) is 3.84. The van der Waals surface area contributed by atoms with Gasteiger partial charge in [-0.15, -0.1) is 0 Å². The normalized spacial score (nSPS) is 18.2. The molecule has 108 valence electrons. The van der Waals surface area contributed by atoms with Gasteiger partial charge in [0.1, 0.15) is 0 Å². The number of hydrogen-bond donors (Lipinski definition) is 3. The van der Waals surface area contributed by atoms with E-state index in [1.54, 1.807) is 0 Å². The van der Waals surface area contributed by atoms with Crippen LogP contribution in [0.25, 0.3) is 0 Å². The highest BCUT2D eigenvalue weighted by atomic mass is 16.3. The number of nitrogens with zero attached hydrogens (tertiary/aromatic N) is 3. The highest BCUT2D eigenvalue weighted by Crippen LogP contribution is 2.29. The first-order chi connectivity index (χ1) is 9.79. The van der Waals surface area contributed by atoms with E-state index in [2.05, 4.69) is 20.6 Å². The van der Waals surface area contributed by atoms with Crippen LogP contribution in [-0.2, 0) is 19.5 Å². The van der Waals surface area contributed by atoms with Crippen molar-refractivity contribution in [3.05, 3.63) is 34.9 Å². The Morgan fingerprint density at radius 3 is 3.15 bits per heavy atom. The third kappa shape index (κ3) is 2.48. The van der Waals surface area contributed by atoms with Crippen molar-refractivity contribution in [3.63, 3.8) is 0 Å². The molecule has 6 heteroatoms. The predicted molar refractivity (Wildman–Crippen MR) is 75.2 cm³/mol. The molecule has 0 fully saturated rings. The van der Waals surface area contributed by atoms with E-state index in [1.807, 2.05) is 24.0 Å². The zero-order valence-electron chi connectivity index (χ0n) is 11.8. The van der Waals surface area contributed by atoms with Crippen molar-refractivity contribution in [2.24, 2.45) is 0 Å². The predicted octanol–water partition coefficient (Wildman–Crippen LogP) is 1.07. The maximum atomic E-state index is 9.08. The standard InChI is InChI=1S/C14H21N5O/c1-10-11(8-16-18-10)7-15-13-3-2-4-14-12(13)9-17-19(14)5-6-20/h8-9,13,15,20H,2-7H2,1H3,(H,16,18). The van der Waals surface area contributed by atoms with Crippen LogP contribution >= 0.6 is 0 Å². The van der Waals surface area contributed by atoms with Gasteiger partial charge < -0.3 is 10.4 Å². The second-order valence-corrected chi connectivity index (χ2v) is 5.34. The molecule has 3 N–H and O–H groups in total. The molecule has 20 heavy (non-hydrogen) atoms. The summed E-state index contributed by atoms with van der Waals surface area (Å²) in [5.74, 6) is 0. The smallest absolute Gasteiger partial charge is 0.0644 e. The van der Waals surface area contributed by atoms with E-state index in [-0.39, 0.29) is 6.61 Å². The number of fused-ring (bicyclic) bond motifs is 1. The molecule has 0 saturated carbocycles. The Morgan fingerprint density at radius 2 is 2.40 bits per heavy atom. The van der Waals surface area contributed by atoms with Gasteiger partial charge in [0.15, 0.2) is 0 Å². The first kappa shape index (κ1) is 13.3. The summed E-state index contributed by atoms with van der Waals surface area (Å²) in [5.41, 5.74) is 4.88. The van der Waals surface area contributed by atoms with Crippen molar-refractivity contribution in [1.82, 2.24) is 25.3 Å². The third-order valence-electron chi connectivity index (χ3n) is 4.05. The molecule has 0 aromatic carbocycles. The molecule has 1 unspecified atom stereocenters. The third-order valence-corrected chi connectivity index (χ3v) is 4.05. The summed E-state index contributed by atoms with van der Waals surface area (Å²) in [4.78, 5) is 0. The van der Waals surface area contributed by atoms with Crippen molar-refractivity contribution >= 4 is 0 Å². The molecular formula is C14H21N5O. The number of hydrogen-bond acceptors (Lipinski definition) is 4. The molecule has 0 spiro atoms. The van der Waals surface area contributed by atoms with Crippen molar-refractivity contribution in [3.8, 4) is 0 Å². The van der Waals surface area contributed by atoms with Crippen LogP contribution in [0.15, 0.2) is 12.4 Å². The van der Waals surface area contributed by atoms with Gasteiger partial charge >= 0.3 is 0 Å². The average molecular weight is 275 g/mol. The number of aliphatic hydroxyl groups excluding tert-OH is 1. The van der Waals surface area contributed by atoms with Crippen LogP contribution in [0, 0.1) is 6.92 Å². The number of aromatic amines is 1.